The van der Waals surface area contributed by atoms with Crippen molar-refractivity contribution >= 4 is 35.1 Å². The number of alkyl halides is 1. The van der Waals surface area contributed by atoms with Crippen LogP contribution in [0.4, 0.5) is 32.3 Å². The van der Waals surface area contributed by atoms with Gasteiger partial charge in [0.25, 0.3) is 5.91 Å². The van der Waals surface area contributed by atoms with Gasteiger partial charge in [-0.05, 0) is 30.7 Å². The average molecular weight is 590 g/mol. The van der Waals surface area contributed by atoms with E-state index in [0.29, 0.717) is 72.9 Å². The summed E-state index contributed by atoms with van der Waals surface area (Å²) in [4.78, 5) is 41.9. The zero-order valence-corrected chi connectivity index (χ0v) is 24.4. The number of amides is 3. The van der Waals surface area contributed by atoms with Crippen LogP contribution in [0.5, 0.6) is 5.75 Å². The molecule has 2 aromatic carbocycles. The monoisotopic (exact) mass is 589 g/mol. The van der Waals surface area contributed by atoms with E-state index in [9.17, 15) is 14.0 Å². The molecule has 3 aromatic rings. The lowest BCUT2D eigenvalue weighted by atomic mass is 10.1. The van der Waals surface area contributed by atoms with Crippen LogP contribution in [0.2, 0.25) is 0 Å². The molecule has 1 saturated heterocycles. The fourth-order valence-corrected chi connectivity index (χ4v) is 4.93. The Hall–Kier alpha value is -4.55. The van der Waals surface area contributed by atoms with Crippen LogP contribution in [0.15, 0.2) is 60.8 Å². The van der Waals surface area contributed by atoms with Gasteiger partial charge >= 0.3 is 6.03 Å². The maximum Gasteiger partial charge on any atom is 0.330 e. The SMILES string of the molecule is C=C(C)CNc1ncc2c(n1)N(CCN1CCOCC1)C(=O)N(c1cc(NC(=O)c3cccc(CF)c3)cc(OC)c1)C2. The molecule has 11 nitrogen and oxygen atoms in total. The second-order valence-electron chi connectivity index (χ2n) is 10.5. The van der Waals surface area contributed by atoms with Crippen LogP contribution in [0.3, 0.4) is 0 Å². The molecular weight excluding hydrogens is 553 g/mol. The molecule has 1 aromatic heterocycles. The number of carbonyl (C=O) groups is 2. The zero-order chi connectivity index (χ0) is 30.3. The molecule has 2 N–H and O–H groups in total. The summed E-state index contributed by atoms with van der Waals surface area (Å²) in [6.07, 6.45) is 1.73. The minimum Gasteiger partial charge on any atom is -0.497 e. The fourth-order valence-electron chi connectivity index (χ4n) is 4.93. The van der Waals surface area contributed by atoms with Crippen molar-refractivity contribution in [2.24, 2.45) is 0 Å². The topological polar surface area (TPSA) is 112 Å². The van der Waals surface area contributed by atoms with Crippen LogP contribution in [-0.2, 0) is 18.0 Å². The number of anilines is 4. The van der Waals surface area contributed by atoms with E-state index in [0.717, 1.165) is 24.2 Å². The molecule has 0 atom stereocenters. The summed E-state index contributed by atoms with van der Waals surface area (Å²) in [6.45, 7) is 9.87. The number of benzene rings is 2. The summed E-state index contributed by atoms with van der Waals surface area (Å²) in [5.74, 6) is 1.03. The van der Waals surface area contributed by atoms with E-state index in [1.54, 1.807) is 52.4 Å². The van der Waals surface area contributed by atoms with Gasteiger partial charge in [0.1, 0.15) is 18.2 Å². The van der Waals surface area contributed by atoms with Crippen molar-refractivity contribution in [1.82, 2.24) is 14.9 Å². The number of morpholine rings is 1. The molecule has 0 saturated carbocycles. The van der Waals surface area contributed by atoms with Gasteiger partial charge in [0.2, 0.25) is 5.95 Å². The number of aromatic nitrogens is 2. The number of carbonyl (C=O) groups excluding carboxylic acids is 2. The number of urea groups is 1. The molecular formula is C31H36FN7O4. The van der Waals surface area contributed by atoms with Crippen molar-refractivity contribution in [3.63, 3.8) is 0 Å². The summed E-state index contributed by atoms with van der Waals surface area (Å²) >= 11 is 0. The molecule has 226 valence electrons. The van der Waals surface area contributed by atoms with Gasteiger partial charge in [0, 0.05) is 67.9 Å². The Morgan fingerprint density at radius 3 is 2.72 bits per heavy atom. The average Bonchev–Trinajstić information content (AvgIpc) is 3.03. The number of fused-ring (bicyclic) bond motifs is 1. The Kier molecular flexibility index (Phi) is 9.48. The summed E-state index contributed by atoms with van der Waals surface area (Å²) in [6, 6.07) is 11.2. The molecule has 3 heterocycles. The van der Waals surface area contributed by atoms with E-state index in [1.165, 1.54) is 13.2 Å². The summed E-state index contributed by atoms with van der Waals surface area (Å²) in [7, 11) is 1.52. The highest BCUT2D eigenvalue weighted by atomic mass is 19.1. The van der Waals surface area contributed by atoms with Crippen molar-refractivity contribution in [2.45, 2.75) is 20.1 Å². The van der Waals surface area contributed by atoms with Crippen LogP contribution in [-0.4, -0.2) is 79.9 Å². The minimum absolute atomic E-state index is 0.224. The van der Waals surface area contributed by atoms with Gasteiger partial charge in [0.15, 0.2) is 0 Å². The Morgan fingerprint density at radius 2 is 1.98 bits per heavy atom. The largest absolute Gasteiger partial charge is 0.497 e. The number of nitrogens with zero attached hydrogens (tertiary/aromatic N) is 5. The summed E-state index contributed by atoms with van der Waals surface area (Å²) < 4.78 is 24.2. The smallest absolute Gasteiger partial charge is 0.330 e. The minimum atomic E-state index is -0.666. The van der Waals surface area contributed by atoms with E-state index < -0.39 is 12.6 Å². The normalized spacial score (nSPS) is 15.2. The van der Waals surface area contributed by atoms with Crippen LogP contribution < -0.4 is 25.2 Å². The predicted octanol–water partition coefficient (Wildman–Crippen LogP) is 4.47. The Balaban J connectivity index is 1.44. The van der Waals surface area contributed by atoms with Gasteiger partial charge in [-0.3, -0.25) is 19.5 Å². The van der Waals surface area contributed by atoms with Gasteiger partial charge in [-0.25, -0.2) is 14.2 Å². The highest BCUT2D eigenvalue weighted by Gasteiger charge is 2.34. The van der Waals surface area contributed by atoms with Crippen LogP contribution in [0.1, 0.15) is 28.4 Å². The predicted molar refractivity (Wildman–Crippen MR) is 164 cm³/mol. The van der Waals surface area contributed by atoms with Crippen LogP contribution in [0, 0.1) is 0 Å². The molecule has 12 heteroatoms. The van der Waals surface area contributed by atoms with Crippen molar-refractivity contribution in [3.8, 4) is 5.75 Å². The third-order valence-electron chi connectivity index (χ3n) is 7.22. The molecule has 0 radical (unpaired) electrons. The number of hydrogen-bond donors (Lipinski definition) is 2. The van der Waals surface area contributed by atoms with E-state index in [-0.39, 0.29) is 12.6 Å². The van der Waals surface area contributed by atoms with Crippen molar-refractivity contribution in [1.29, 1.82) is 0 Å². The summed E-state index contributed by atoms with van der Waals surface area (Å²) in [5.41, 5.74) is 3.41. The number of halogens is 1. The quantitative estimate of drug-likeness (QED) is 0.315. The molecule has 0 unspecified atom stereocenters. The first-order valence-electron chi connectivity index (χ1n) is 14.1. The molecule has 43 heavy (non-hydrogen) atoms. The molecule has 1 fully saturated rings. The first-order chi connectivity index (χ1) is 20.8. The van der Waals surface area contributed by atoms with Crippen molar-refractivity contribution in [3.05, 3.63) is 77.5 Å². The lowest BCUT2D eigenvalue weighted by molar-refractivity contribution is 0.0393. The van der Waals surface area contributed by atoms with Gasteiger partial charge in [-0.15, -0.1) is 0 Å². The van der Waals surface area contributed by atoms with Crippen LogP contribution >= 0.6 is 0 Å². The third-order valence-corrected chi connectivity index (χ3v) is 7.22. The van der Waals surface area contributed by atoms with E-state index in [1.807, 2.05) is 6.92 Å². The molecule has 2 aliphatic heterocycles. The Morgan fingerprint density at radius 1 is 1.16 bits per heavy atom. The molecule has 2 aliphatic rings. The van der Waals surface area contributed by atoms with Gasteiger partial charge < -0.3 is 20.1 Å². The van der Waals surface area contributed by atoms with Crippen molar-refractivity contribution < 1.29 is 23.5 Å². The molecule has 0 bridgehead atoms. The Labute approximate surface area is 250 Å². The lowest BCUT2D eigenvalue weighted by Crippen LogP contribution is -2.51. The van der Waals surface area contributed by atoms with Gasteiger partial charge in [0.05, 0.1) is 32.6 Å². The second-order valence-corrected chi connectivity index (χ2v) is 10.5. The van der Waals surface area contributed by atoms with E-state index in [2.05, 4.69) is 27.1 Å². The number of nitrogens with one attached hydrogen (secondary N) is 2. The molecule has 3 amide bonds. The maximum absolute atomic E-state index is 14.1. The number of ether oxygens (including phenoxy) is 2. The number of rotatable bonds is 11. The van der Waals surface area contributed by atoms with E-state index >= 15 is 0 Å². The first kappa shape index (κ1) is 29.9. The molecule has 5 rings (SSSR count). The zero-order valence-electron chi connectivity index (χ0n) is 24.4. The van der Waals surface area contributed by atoms with Crippen molar-refractivity contribution in [2.75, 3.05) is 73.5 Å². The van der Waals surface area contributed by atoms with Gasteiger partial charge in [-0.2, -0.15) is 4.98 Å². The van der Waals surface area contributed by atoms with E-state index in [4.69, 9.17) is 14.5 Å². The highest BCUT2D eigenvalue weighted by Crippen LogP contribution is 2.34. The second kappa shape index (κ2) is 13.6. The lowest BCUT2D eigenvalue weighted by Gasteiger charge is -2.37. The number of methoxy groups -OCH3 is 1. The standard InChI is InChI=1S/C31H36FN7O4/c1-21(2)18-33-30-34-19-24-20-39(31(41)38(28(24)36-30)8-7-37-9-11-43-12-10-37)26-14-25(15-27(16-26)42-3)35-29(40)23-6-4-5-22(13-23)17-32/h4-6,13-16,19H,1,7-12,17-18,20H2,2-3H3,(H,35,40)(H,33,34,36). The van der Waals surface area contributed by atoms with Gasteiger partial charge in [-0.1, -0.05) is 24.3 Å². The highest BCUT2D eigenvalue weighted by molar-refractivity contribution is 6.07. The Bertz CT molecular complexity index is 1490. The summed E-state index contributed by atoms with van der Waals surface area (Å²) in [5, 5.41) is 6.02. The third kappa shape index (κ3) is 7.27. The molecule has 0 spiro atoms. The van der Waals surface area contributed by atoms with Crippen LogP contribution in [0.25, 0.3) is 0 Å². The number of hydrogen-bond acceptors (Lipinski definition) is 8. The molecule has 0 aliphatic carbocycles. The fraction of sp³-hybridized carbons (Fsp3) is 0.355. The first-order valence-corrected chi connectivity index (χ1v) is 14.1. The maximum atomic E-state index is 14.1.